The van der Waals surface area contributed by atoms with Crippen LogP contribution in [0, 0.1) is 0 Å². The molecule has 0 aromatic heterocycles. The lowest BCUT2D eigenvalue weighted by Gasteiger charge is -2.38. The number of carbonyl (C=O) groups excluding carboxylic acids is 2. The standard InChI is InChI=1S/C10H18N4O2/c1-8-9(15)12-4-7-14(8)10(16)13-5-2-11-3-6-13/h8,11H,2-7H2,1H3,(H,12,15). The highest BCUT2D eigenvalue weighted by molar-refractivity contribution is 5.87. The van der Waals surface area contributed by atoms with E-state index in [1.165, 1.54) is 0 Å². The highest BCUT2D eigenvalue weighted by Gasteiger charge is 2.32. The van der Waals surface area contributed by atoms with Gasteiger partial charge in [-0.15, -0.1) is 0 Å². The third-order valence-electron chi connectivity index (χ3n) is 3.13. The van der Waals surface area contributed by atoms with Gasteiger partial charge in [0, 0.05) is 39.3 Å². The lowest BCUT2D eigenvalue weighted by Crippen LogP contribution is -2.60. The first-order valence-corrected chi connectivity index (χ1v) is 5.74. The first-order chi connectivity index (χ1) is 7.70. The zero-order valence-corrected chi connectivity index (χ0v) is 9.53. The minimum absolute atomic E-state index is 0.0103. The van der Waals surface area contributed by atoms with Crippen molar-refractivity contribution in [2.24, 2.45) is 0 Å². The molecule has 6 nitrogen and oxygen atoms in total. The first kappa shape index (κ1) is 11.2. The predicted octanol–water partition coefficient (Wildman–Crippen LogP) is -1.17. The number of rotatable bonds is 0. The van der Waals surface area contributed by atoms with Crippen LogP contribution in [0.25, 0.3) is 0 Å². The number of nitrogens with zero attached hydrogens (tertiary/aromatic N) is 2. The minimum atomic E-state index is -0.351. The van der Waals surface area contributed by atoms with E-state index in [0.717, 1.165) is 26.2 Å². The highest BCUT2D eigenvalue weighted by atomic mass is 16.2. The molecule has 2 heterocycles. The monoisotopic (exact) mass is 226 g/mol. The Bertz CT molecular complexity index is 289. The van der Waals surface area contributed by atoms with Gasteiger partial charge in [0.2, 0.25) is 5.91 Å². The summed E-state index contributed by atoms with van der Waals surface area (Å²) in [5, 5.41) is 5.96. The van der Waals surface area contributed by atoms with Gasteiger partial charge in [0.1, 0.15) is 6.04 Å². The van der Waals surface area contributed by atoms with Gasteiger partial charge < -0.3 is 20.4 Å². The van der Waals surface area contributed by atoms with Crippen LogP contribution in [0.3, 0.4) is 0 Å². The fourth-order valence-electron chi connectivity index (χ4n) is 2.08. The van der Waals surface area contributed by atoms with E-state index in [0.29, 0.717) is 13.1 Å². The molecule has 0 radical (unpaired) electrons. The lowest BCUT2D eigenvalue weighted by molar-refractivity contribution is -0.127. The van der Waals surface area contributed by atoms with Crippen LogP contribution in [0.5, 0.6) is 0 Å². The summed E-state index contributed by atoms with van der Waals surface area (Å²) >= 11 is 0. The second kappa shape index (κ2) is 4.69. The number of hydrogen-bond acceptors (Lipinski definition) is 3. The van der Waals surface area contributed by atoms with Crippen LogP contribution < -0.4 is 10.6 Å². The molecule has 0 aromatic rings. The fourth-order valence-corrected chi connectivity index (χ4v) is 2.08. The van der Waals surface area contributed by atoms with Crippen molar-refractivity contribution in [1.29, 1.82) is 0 Å². The van der Waals surface area contributed by atoms with E-state index in [-0.39, 0.29) is 18.0 Å². The SMILES string of the molecule is CC1C(=O)NCCN1C(=O)N1CCNCC1. The summed E-state index contributed by atoms with van der Waals surface area (Å²) < 4.78 is 0. The van der Waals surface area contributed by atoms with Crippen molar-refractivity contribution in [3.05, 3.63) is 0 Å². The topological polar surface area (TPSA) is 64.7 Å². The molecule has 2 aliphatic rings. The van der Waals surface area contributed by atoms with E-state index in [4.69, 9.17) is 0 Å². The van der Waals surface area contributed by atoms with Crippen LogP contribution in [0.4, 0.5) is 4.79 Å². The Labute approximate surface area is 95.0 Å². The molecule has 90 valence electrons. The zero-order chi connectivity index (χ0) is 11.5. The zero-order valence-electron chi connectivity index (χ0n) is 9.53. The van der Waals surface area contributed by atoms with Crippen LogP contribution in [-0.2, 0) is 4.79 Å². The van der Waals surface area contributed by atoms with Crippen LogP contribution in [0.15, 0.2) is 0 Å². The van der Waals surface area contributed by atoms with Crippen molar-refractivity contribution in [2.75, 3.05) is 39.3 Å². The molecule has 2 fully saturated rings. The molecule has 16 heavy (non-hydrogen) atoms. The Balaban J connectivity index is 1.99. The Kier molecular flexibility index (Phi) is 3.28. The van der Waals surface area contributed by atoms with Crippen LogP contribution in [0.2, 0.25) is 0 Å². The molecule has 2 rings (SSSR count). The molecule has 1 unspecified atom stereocenters. The molecular formula is C10H18N4O2. The molecule has 0 aromatic carbocycles. The van der Waals surface area contributed by atoms with Crippen molar-refractivity contribution in [3.63, 3.8) is 0 Å². The third-order valence-corrected chi connectivity index (χ3v) is 3.13. The average molecular weight is 226 g/mol. The van der Waals surface area contributed by atoms with E-state index >= 15 is 0 Å². The molecule has 2 N–H and O–H groups in total. The number of hydrogen-bond donors (Lipinski definition) is 2. The average Bonchev–Trinajstić information content (AvgIpc) is 2.33. The molecule has 1 atom stereocenters. The van der Waals surface area contributed by atoms with Gasteiger partial charge in [0.05, 0.1) is 0 Å². The minimum Gasteiger partial charge on any atom is -0.353 e. The van der Waals surface area contributed by atoms with E-state index in [9.17, 15) is 9.59 Å². The summed E-state index contributed by atoms with van der Waals surface area (Å²) in [4.78, 5) is 27.1. The Morgan fingerprint density at radius 2 is 1.94 bits per heavy atom. The Morgan fingerprint density at radius 1 is 1.25 bits per heavy atom. The van der Waals surface area contributed by atoms with E-state index in [1.807, 2.05) is 4.90 Å². The van der Waals surface area contributed by atoms with Gasteiger partial charge in [-0.25, -0.2) is 4.79 Å². The maximum atomic E-state index is 12.2. The molecule has 0 saturated carbocycles. The lowest BCUT2D eigenvalue weighted by atomic mass is 10.2. The number of nitrogens with one attached hydrogen (secondary N) is 2. The summed E-state index contributed by atoms with van der Waals surface area (Å²) in [6.07, 6.45) is 0. The molecule has 0 spiro atoms. The molecule has 3 amide bonds. The summed E-state index contributed by atoms with van der Waals surface area (Å²) in [5.74, 6) is -0.0604. The van der Waals surface area contributed by atoms with Gasteiger partial charge in [-0.1, -0.05) is 0 Å². The summed E-state index contributed by atoms with van der Waals surface area (Å²) in [6, 6.07) is -0.361. The van der Waals surface area contributed by atoms with Gasteiger partial charge in [-0.2, -0.15) is 0 Å². The molecule has 0 bridgehead atoms. The Hall–Kier alpha value is -1.30. The predicted molar refractivity (Wildman–Crippen MR) is 59.0 cm³/mol. The molecule has 0 aliphatic carbocycles. The summed E-state index contributed by atoms with van der Waals surface area (Å²) in [7, 11) is 0. The summed E-state index contributed by atoms with van der Waals surface area (Å²) in [6.45, 7) is 6.05. The van der Waals surface area contributed by atoms with Crippen molar-refractivity contribution in [2.45, 2.75) is 13.0 Å². The molecule has 2 aliphatic heterocycles. The van der Waals surface area contributed by atoms with E-state index < -0.39 is 0 Å². The highest BCUT2D eigenvalue weighted by Crippen LogP contribution is 2.08. The molecule has 2 saturated heterocycles. The molecule has 6 heteroatoms. The van der Waals surface area contributed by atoms with Crippen molar-refractivity contribution < 1.29 is 9.59 Å². The van der Waals surface area contributed by atoms with Gasteiger partial charge >= 0.3 is 6.03 Å². The number of piperazine rings is 2. The third kappa shape index (κ3) is 2.11. The maximum absolute atomic E-state index is 12.2. The second-order valence-electron chi connectivity index (χ2n) is 4.18. The first-order valence-electron chi connectivity index (χ1n) is 5.74. The molecular weight excluding hydrogens is 208 g/mol. The maximum Gasteiger partial charge on any atom is 0.320 e. The number of amides is 3. The van der Waals surface area contributed by atoms with Gasteiger partial charge in [0.15, 0.2) is 0 Å². The summed E-state index contributed by atoms with van der Waals surface area (Å²) in [5.41, 5.74) is 0. The van der Waals surface area contributed by atoms with Crippen molar-refractivity contribution in [1.82, 2.24) is 20.4 Å². The van der Waals surface area contributed by atoms with Crippen LogP contribution >= 0.6 is 0 Å². The van der Waals surface area contributed by atoms with Gasteiger partial charge in [-0.3, -0.25) is 4.79 Å². The largest absolute Gasteiger partial charge is 0.353 e. The van der Waals surface area contributed by atoms with Gasteiger partial charge in [0.25, 0.3) is 0 Å². The number of urea groups is 1. The van der Waals surface area contributed by atoms with Crippen LogP contribution in [0.1, 0.15) is 6.92 Å². The number of carbonyl (C=O) groups is 2. The van der Waals surface area contributed by atoms with E-state index in [1.54, 1.807) is 11.8 Å². The second-order valence-corrected chi connectivity index (χ2v) is 4.18. The van der Waals surface area contributed by atoms with Crippen molar-refractivity contribution >= 4 is 11.9 Å². The van der Waals surface area contributed by atoms with Gasteiger partial charge in [-0.05, 0) is 6.92 Å². The van der Waals surface area contributed by atoms with Crippen molar-refractivity contribution in [3.8, 4) is 0 Å². The normalized spacial score (nSPS) is 26.6. The smallest absolute Gasteiger partial charge is 0.320 e. The Morgan fingerprint density at radius 3 is 2.62 bits per heavy atom. The van der Waals surface area contributed by atoms with E-state index in [2.05, 4.69) is 10.6 Å². The van der Waals surface area contributed by atoms with Crippen LogP contribution in [-0.4, -0.2) is 67.0 Å². The fraction of sp³-hybridized carbons (Fsp3) is 0.800. The quantitative estimate of drug-likeness (QED) is 0.547.